The molecule has 0 saturated carbocycles. The SMILES string of the molecule is Cc1cc(Cc2ccnc(Cl)c2)ccc1F. The van der Waals surface area contributed by atoms with Gasteiger partial charge in [-0.1, -0.05) is 23.7 Å². The van der Waals surface area contributed by atoms with Crippen molar-refractivity contribution in [3.63, 3.8) is 0 Å². The molecule has 3 heteroatoms. The van der Waals surface area contributed by atoms with Crippen LogP contribution in [0.5, 0.6) is 0 Å². The van der Waals surface area contributed by atoms with Gasteiger partial charge < -0.3 is 0 Å². The van der Waals surface area contributed by atoms with Crippen LogP contribution in [0.3, 0.4) is 0 Å². The first-order chi connectivity index (χ1) is 7.65. The van der Waals surface area contributed by atoms with Crippen LogP contribution in [0.1, 0.15) is 16.7 Å². The van der Waals surface area contributed by atoms with E-state index in [1.807, 2.05) is 18.2 Å². The van der Waals surface area contributed by atoms with E-state index in [1.165, 1.54) is 6.07 Å². The van der Waals surface area contributed by atoms with Crippen molar-refractivity contribution >= 4 is 11.6 Å². The fourth-order valence-electron chi connectivity index (χ4n) is 1.60. The number of benzene rings is 1. The Labute approximate surface area is 98.9 Å². The maximum absolute atomic E-state index is 13.1. The van der Waals surface area contributed by atoms with Crippen LogP contribution < -0.4 is 0 Å². The van der Waals surface area contributed by atoms with Gasteiger partial charge in [-0.2, -0.15) is 0 Å². The largest absolute Gasteiger partial charge is 0.245 e. The molecule has 1 heterocycles. The molecule has 0 unspecified atom stereocenters. The lowest BCUT2D eigenvalue weighted by atomic mass is 10.0. The highest BCUT2D eigenvalue weighted by atomic mass is 35.5. The van der Waals surface area contributed by atoms with E-state index < -0.39 is 0 Å². The summed E-state index contributed by atoms with van der Waals surface area (Å²) in [6.07, 6.45) is 2.41. The van der Waals surface area contributed by atoms with E-state index in [1.54, 1.807) is 19.2 Å². The monoisotopic (exact) mass is 235 g/mol. The molecule has 16 heavy (non-hydrogen) atoms. The molecule has 2 aromatic rings. The van der Waals surface area contributed by atoms with Crippen molar-refractivity contribution in [2.75, 3.05) is 0 Å². The van der Waals surface area contributed by atoms with Gasteiger partial charge in [0.2, 0.25) is 0 Å². The first-order valence-corrected chi connectivity index (χ1v) is 5.38. The van der Waals surface area contributed by atoms with Crippen molar-refractivity contribution in [1.29, 1.82) is 0 Å². The number of aromatic nitrogens is 1. The predicted molar refractivity (Wildman–Crippen MR) is 63.2 cm³/mol. The maximum atomic E-state index is 13.1. The molecule has 2 rings (SSSR count). The molecule has 0 aliphatic rings. The molecular weight excluding hydrogens is 225 g/mol. The Bertz CT molecular complexity index is 511. The molecule has 0 amide bonds. The molecule has 0 N–H and O–H groups in total. The molecule has 0 radical (unpaired) electrons. The molecule has 0 spiro atoms. The fraction of sp³-hybridized carbons (Fsp3) is 0.154. The smallest absolute Gasteiger partial charge is 0.129 e. The van der Waals surface area contributed by atoms with Gasteiger partial charge in [0.15, 0.2) is 0 Å². The van der Waals surface area contributed by atoms with Crippen molar-refractivity contribution in [3.05, 3.63) is 64.2 Å². The summed E-state index contributed by atoms with van der Waals surface area (Å²) in [5.41, 5.74) is 2.81. The number of hydrogen-bond acceptors (Lipinski definition) is 1. The lowest BCUT2D eigenvalue weighted by Crippen LogP contribution is -1.91. The molecular formula is C13H11ClFN. The highest BCUT2D eigenvalue weighted by Gasteiger charge is 2.01. The Kier molecular flexibility index (Phi) is 3.20. The number of nitrogens with zero attached hydrogens (tertiary/aromatic N) is 1. The van der Waals surface area contributed by atoms with E-state index in [9.17, 15) is 4.39 Å². The lowest BCUT2D eigenvalue weighted by Gasteiger charge is -2.04. The third kappa shape index (κ3) is 2.58. The Balaban J connectivity index is 2.24. The summed E-state index contributed by atoms with van der Waals surface area (Å²) in [6, 6.07) is 8.86. The van der Waals surface area contributed by atoms with Crippen LogP contribution in [-0.4, -0.2) is 4.98 Å². The van der Waals surface area contributed by atoms with E-state index in [-0.39, 0.29) is 5.82 Å². The quantitative estimate of drug-likeness (QED) is 0.722. The average Bonchev–Trinajstić information content (AvgIpc) is 2.24. The number of hydrogen-bond donors (Lipinski definition) is 0. The third-order valence-electron chi connectivity index (χ3n) is 2.42. The van der Waals surface area contributed by atoms with Gasteiger partial charge in [-0.15, -0.1) is 0 Å². The zero-order valence-corrected chi connectivity index (χ0v) is 9.63. The number of pyridine rings is 1. The number of aryl methyl sites for hydroxylation is 1. The zero-order chi connectivity index (χ0) is 11.5. The first kappa shape index (κ1) is 11.1. The summed E-state index contributed by atoms with van der Waals surface area (Å²) < 4.78 is 13.1. The van der Waals surface area contributed by atoms with Gasteiger partial charge in [-0.25, -0.2) is 9.37 Å². The van der Waals surface area contributed by atoms with E-state index >= 15 is 0 Å². The summed E-state index contributed by atoms with van der Waals surface area (Å²) in [5, 5.41) is 0.483. The molecule has 82 valence electrons. The van der Waals surface area contributed by atoms with Crippen molar-refractivity contribution < 1.29 is 4.39 Å². The molecule has 0 bridgehead atoms. The van der Waals surface area contributed by atoms with E-state index in [4.69, 9.17) is 11.6 Å². The summed E-state index contributed by atoms with van der Waals surface area (Å²) in [6.45, 7) is 1.76. The highest BCUT2D eigenvalue weighted by molar-refractivity contribution is 6.29. The Morgan fingerprint density at radius 1 is 1.19 bits per heavy atom. The van der Waals surface area contributed by atoms with E-state index in [0.717, 1.165) is 17.5 Å². The van der Waals surface area contributed by atoms with Crippen LogP contribution in [0.2, 0.25) is 5.15 Å². The predicted octanol–water partition coefficient (Wildman–Crippen LogP) is 3.77. The van der Waals surface area contributed by atoms with Crippen LogP contribution in [0, 0.1) is 12.7 Å². The minimum Gasteiger partial charge on any atom is -0.245 e. The normalized spacial score (nSPS) is 10.4. The second-order valence-corrected chi connectivity index (χ2v) is 4.13. The molecule has 0 aliphatic carbocycles. The summed E-state index contributed by atoms with van der Waals surface area (Å²) in [7, 11) is 0. The second-order valence-electron chi connectivity index (χ2n) is 3.75. The highest BCUT2D eigenvalue weighted by Crippen LogP contribution is 2.15. The maximum Gasteiger partial charge on any atom is 0.129 e. The molecule has 1 aromatic heterocycles. The van der Waals surface area contributed by atoms with Crippen LogP contribution >= 0.6 is 11.6 Å². The van der Waals surface area contributed by atoms with Crippen molar-refractivity contribution in [3.8, 4) is 0 Å². The van der Waals surface area contributed by atoms with E-state index in [2.05, 4.69) is 4.98 Å². The van der Waals surface area contributed by atoms with Gasteiger partial charge in [0.05, 0.1) is 0 Å². The standard InChI is InChI=1S/C13H11ClFN/c1-9-6-10(2-3-12(9)15)7-11-4-5-16-13(14)8-11/h2-6,8H,7H2,1H3. The minimum atomic E-state index is -0.170. The van der Waals surface area contributed by atoms with Gasteiger partial charge in [0.25, 0.3) is 0 Å². The Morgan fingerprint density at radius 3 is 2.62 bits per heavy atom. The average molecular weight is 236 g/mol. The van der Waals surface area contributed by atoms with Crippen LogP contribution in [0.4, 0.5) is 4.39 Å². The van der Waals surface area contributed by atoms with Crippen LogP contribution in [0.15, 0.2) is 36.5 Å². The van der Waals surface area contributed by atoms with Gasteiger partial charge >= 0.3 is 0 Å². The van der Waals surface area contributed by atoms with Crippen molar-refractivity contribution in [1.82, 2.24) is 4.98 Å². The van der Waals surface area contributed by atoms with Crippen LogP contribution in [-0.2, 0) is 6.42 Å². The molecule has 0 aliphatic heterocycles. The molecule has 0 atom stereocenters. The topological polar surface area (TPSA) is 12.9 Å². The Morgan fingerprint density at radius 2 is 1.94 bits per heavy atom. The summed E-state index contributed by atoms with van der Waals surface area (Å²) >= 11 is 5.80. The number of halogens is 2. The molecule has 1 aromatic carbocycles. The van der Waals surface area contributed by atoms with Gasteiger partial charge in [0.1, 0.15) is 11.0 Å². The Hall–Kier alpha value is -1.41. The molecule has 1 nitrogen and oxygen atoms in total. The van der Waals surface area contributed by atoms with Crippen LogP contribution in [0.25, 0.3) is 0 Å². The fourth-order valence-corrected chi connectivity index (χ4v) is 1.80. The van der Waals surface area contributed by atoms with Gasteiger partial charge in [-0.05, 0) is 48.2 Å². The zero-order valence-electron chi connectivity index (χ0n) is 8.87. The number of rotatable bonds is 2. The van der Waals surface area contributed by atoms with Crippen molar-refractivity contribution in [2.24, 2.45) is 0 Å². The minimum absolute atomic E-state index is 0.170. The van der Waals surface area contributed by atoms with Gasteiger partial charge in [0, 0.05) is 6.20 Å². The summed E-state index contributed by atoms with van der Waals surface area (Å²) in [4.78, 5) is 3.92. The third-order valence-corrected chi connectivity index (χ3v) is 2.63. The van der Waals surface area contributed by atoms with E-state index in [0.29, 0.717) is 10.7 Å². The lowest BCUT2D eigenvalue weighted by molar-refractivity contribution is 0.618. The van der Waals surface area contributed by atoms with Gasteiger partial charge in [-0.3, -0.25) is 0 Å². The molecule has 0 fully saturated rings. The second kappa shape index (κ2) is 4.62. The van der Waals surface area contributed by atoms with Crippen molar-refractivity contribution in [2.45, 2.75) is 13.3 Å². The summed E-state index contributed by atoms with van der Waals surface area (Å²) in [5.74, 6) is -0.170. The molecule has 0 saturated heterocycles. The first-order valence-electron chi connectivity index (χ1n) is 5.00.